The van der Waals surface area contributed by atoms with Gasteiger partial charge in [-0.2, -0.15) is 4.98 Å². The van der Waals surface area contributed by atoms with E-state index in [0.29, 0.717) is 24.7 Å². The molecule has 22 heavy (non-hydrogen) atoms. The molecule has 0 spiro atoms. The molecule has 1 aromatic heterocycles. The number of rotatable bonds is 5. The van der Waals surface area contributed by atoms with Crippen LogP contribution in [0.3, 0.4) is 0 Å². The normalized spacial score (nSPS) is 18.5. The molecule has 1 fully saturated rings. The number of carbonyl (C=O) groups excluding carboxylic acids is 1. The van der Waals surface area contributed by atoms with Crippen LogP contribution in [0.4, 0.5) is 0 Å². The van der Waals surface area contributed by atoms with Crippen molar-refractivity contribution in [3.05, 3.63) is 47.6 Å². The number of amides is 1. The summed E-state index contributed by atoms with van der Waals surface area (Å²) in [5.41, 5.74) is 1.15. The van der Waals surface area contributed by atoms with E-state index < -0.39 is 0 Å². The third-order valence-corrected chi connectivity index (χ3v) is 3.97. The van der Waals surface area contributed by atoms with E-state index in [9.17, 15) is 4.79 Å². The standard InChI is InChI=1S/C16H20N4O2/c1-17-16(21)13-8-5-9-20(13)11-15-18-14(19-22-15)10-12-6-3-2-4-7-12/h2-4,6-7,13H,5,8-11H2,1H3,(H,17,21). The lowest BCUT2D eigenvalue weighted by molar-refractivity contribution is -0.125. The van der Waals surface area contributed by atoms with Gasteiger partial charge in [0.15, 0.2) is 5.82 Å². The number of nitrogens with one attached hydrogen (secondary N) is 1. The number of hydrogen-bond donors (Lipinski definition) is 1. The van der Waals surface area contributed by atoms with Crippen molar-refractivity contribution in [1.82, 2.24) is 20.4 Å². The molecule has 0 aliphatic carbocycles. The van der Waals surface area contributed by atoms with E-state index in [-0.39, 0.29) is 11.9 Å². The van der Waals surface area contributed by atoms with Crippen LogP contribution >= 0.6 is 0 Å². The predicted octanol–water partition coefficient (Wildman–Crippen LogP) is 1.37. The van der Waals surface area contributed by atoms with Gasteiger partial charge in [-0.3, -0.25) is 9.69 Å². The molecule has 1 unspecified atom stereocenters. The summed E-state index contributed by atoms with van der Waals surface area (Å²) in [5.74, 6) is 1.31. The summed E-state index contributed by atoms with van der Waals surface area (Å²) in [6, 6.07) is 9.96. The first-order valence-electron chi connectivity index (χ1n) is 7.57. The van der Waals surface area contributed by atoms with Crippen LogP contribution in [0.25, 0.3) is 0 Å². The Bertz CT molecular complexity index is 626. The van der Waals surface area contributed by atoms with Crippen LogP contribution in [-0.4, -0.2) is 40.6 Å². The average molecular weight is 300 g/mol. The quantitative estimate of drug-likeness (QED) is 0.903. The molecule has 3 rings (SSSR count). The molecule has 6 nitrogen and oxygen atoms in total. The highest BCUT2D eigenvalue weighted by molar-refractivity contribution is 5.81. The SMILES string of the molecule is CNC(=O)C1CCCN1Cc1nc(Cc2ccccc2)no1. The van der Waals surface area contributed by atoms with Gasteiger partial charge in [0.05, 0.1) is 12.6 Å². The van der Waals surface area contributed by atoms with Crippen LogP contribution < -0.4 is 5.32 Å². The fourth-order valence-electron chi connectivity index (χ4n) is 2.86. The van der Waals surface area contributed by atoms with E-state index in [0.717, 1.165) is 24.9 Å². The highest BCUT2D eigenvalue weighted by Gasteiger charge is 2.31. The van der Waals surface area contributed by atoms with E-state index in [1.807, 2.05) is 30.3 Å². The highest BCUT2D eigenvalue weighted by Crippen LogP contribution is 2.19. The maximum absolute atomic E-state index is 11.8. The van der Waals surface area contributed by atoms with Crippen molar-refractivity contribution in [3.63, 3.8) is 0 Å². The fourth-order valence-corrected chi connectivity index (χ4v) is 2.86. The van der Waals surface area contributed by atoms with Crippen LogP contribution in [0.15, 0.2) is 34.9 Å². The van der Waals surface area contributed by atoms with Gasteiger partial charge in [-0.25, -0.2) is 0 Å². The molecule has 1 aliphatic rings. The maximum Gasteiger partial charge on any atom is 0.240 e. The highest BCUT2D eigenvalue weighted by atomic mass is 16.5. The largest absolute Gasteiger partial charge is 0.358 e. The van der Waals surface area contributed by atoms with Crippen molar-refractivity contribution in [1.29, 1.82) is 0 Å². The lowest BCUT2D eigenvalue weighted by Gasteiger charge is -2.20. The molecule has 1 amide bonds. The van der Waals surface area contributed by atoms with E-state index in [1.54, 1.807) is 7.05 Å². The Morgan fingerprint density at radius 3 is 3.00 bits per heavy atom. The van der Waals surface area contributed by atoms with Crippen molar-refractivity contribution in [2.45, 2.75) is 31.8 Å². The lowest BCUT2D eigenvalue weighted by Crippen LogP contribution is -2.41. The van der Waals surface area contributed by atoms with Crippen molar-refractivity contribution in [3.8, 4) is 0 Å². The van der Waals surface area contributed by atoms with Gasteiger partial charge in [0, 0.05) is 13.5 Å². The number of benzene rings is 1. The molecule has 0 radical (unpaired) electrons. The van der Waals surface area contributed by atoms with Gasteiger partial charge < -0.3 is 9.84 Å². The molecular weight excluding hydrogens is 280 g/mol. The van der Waals surface area contributed by atoms with Gasteiger partial charge in [-0.1, -0.05) is 35.5 Å². The Hall–Kier alpha value is -2.21. The van der Waals surface area contributed by atoms with Crippen molar-refractivity contribution in [2.75, 3.05) is 13.6 Å². The Morgan fingerprint density at radius 2 is 2.23 bits per heavy atom. The second kappa shape index (κ2) is 6.70. The van der Waals surface area contributed by atoms with Gasteiger partial charge >= 0.3 is 0 Å². The van der Waals surface area contributed by atoms with Gasteiger partial charge in [-0.15, -0.1) is 0 Å². The second-order valence-corrected chi connectivity index (χ2v) is 5.51. The van der Waals surface area contributed by atoms with Crippen LogP contribution in [0, 0.1) is 0 Å². The molecule has 1 aromatic carbocycles. The molecule has 1 saturated heterocycles. The number of hydrogen-bond acceptors (Lipinski definition) is 5. The summed E-state index contributed by atoms with van der Waals surface area (Å²) in [6.45, 7) is 1.41. The fraction of sp³-hybridized carbons (Fsp3) is 0.438. The Morgan fingerprint density at radius 1 is 1.41 bits per heavy atom. The molecule has 1 aliphatic heterocycles. The van der Waals surface area contributed by atoms with Crippen molar-refractivity contribution in [2.24, 2.45) is 0 Å². The molecular formula is C16H20N4O2. The van der Waals surface area contributed by atoms with Gasteiger partial charge in [0.25, 0.3) is 0 Å². The maximum atomic E-state index is 11.8. The van der Waals surface area contributed by atoms with Crippen LogP contribution in [0.2, 0.25) is 0 Å². The van der Waals surface area contributed by atoms with Crippen molar-refractivity contribution >= 4 is 5.91 Å². The molecule has 6 heteroatoms. The topological polar surface area (TPSA) is 71.3 Å². The molecule has 0 bridgehead atoms. The predicted molar refractivity (Wildman–Crippen MR) is 81.0 cm³/mol. The number of aromatic nitrogens is 2. The van der Waals surface area contributed by atoms with Crippen LogP contribution in [0.1, 0.15) is 30.1 Å². The van der Waals surface area contributed by atoms with Gasteiger partial charge in [0.1, 0.15) is 0 Å². The number of likely N-dealkylation sites (N-methyl/N-ethyl adjacent to an activating group) is 1. The minimum Gasteiger partial charge on any atom is -0.358 e. The van der Waals surface area contributed by atoms with Gasteiger partial charge in [-0.05, 0) is 24.9 Å². The Balaban J connectivity index is 1.63. The second-order valence-electron chi connectivity index (χ2n) is 5.51. The number of carbonyl (C=O) groups is 1. The molecule has 1 atom stereocenters. The first kappa shape index (κ1) is 14.7. The molecule has 1 N–H and O–H groups in total. The molecule has 2 aromatic rings. The van der Waals surface area contributed by atoms with Crippen molar-refractivity contribution < 1.29 is 9.32 Å². The monoisotopic (exact) mass is 300 g/mol. The number of nitrogens with zero attached hydrogens (tertiary/aromatic N) is 3. The minimum atomic E-state index is -0.0885. The first-order valence-corrected chi connectivity index (χ1v) is 7.57. The summed E-state index contributed by atoms with van der Waals surface area (Å²) < 4.78 is 5.33. The third kappa shape index (κ3) is 3.33. The Labute approximate surface area is 129 Å². The molecule has 0 saturated carbocycles. The summed E-state index contributed by atoms with van der Waals surface area (Å²) in [5, 5.41) is 6.74. The average Bonchev–Trinajstić information content (AvgIpc) is 3.18. The summed E-state index contributed by atoms with van der Waals surface area (Å²) in [7, 11) is 1.67. The zero-order chi connectivity index (χ0) is 15.4. The zero-order valence-electron chi connectivity index (χ0n) is 12.7. The van der Waals surface area contributed by atoms with Crippen LogP contribution in [-0.2, 0) is 17.8 Å². The van der Waals surface area contributed by atoms with E-state index in [2.05, 4.69) is 20.4 Å². The summed E-state index contributed by atoms with van der Waals surface area (Å²) in [4.78, 5) is 18.4. The molecule has 2 heterocycles. The van der Waals surface area contributed by atoms with E-state index in [1.165, 1.54) is 0 Å². The zero-order valence-corrected chi connectivity index (χ0v) is 12.7. The molecule has 116 valence electrons. The number of likely N-dealkylation sites (tertiary alicyclic amines) is 1. The minimum absolute atomic E-state index is 0.0570. The first-order chi connectivity index (χ1) is 10.8. The van der Waals surface area contributed by atoms with E-state index >= 15 is 0 Å². The third-order valence-electron chi connectivity index (χ3n) is 3.97. The van der Waals surface area contributed by atoms with E-state index in [4.69, 9.17) is 4.52 Å². The lowest BCUT2D eigenvalue weighted by atomic mass is 10.1. The van der Waals surface area contributed by atoms with Gasteiger partial charge in [0.2, 0.25) is 11.8 Å². The summed E-state index contributed by atoms with van der Waals surface area (Å²) in [6.07, 6.45) is 2.55. The Kier molecular flexibility index (Phi) is 4.48. The summed E-state index contributed by atoms with van der Waals surface area (Å²) >= 11 is 0. The van der Waals surface area contributed by atoms with Crippen LogP contribution in [0.5, 0.6) is 0 Å². The smallest absolute Gasteiger partial charge is 0.240 e.